The molecule has 0 radical (unpaired) electrons. The van der Waals surface area contributed by atoms with Crippen LogP contribution in [0.25, 0.3) is 10.8 Å². The van der Waals surface area contributed by atoms with E-state index >= 15 is 0 Å². The van der Waals surface area contributed by atoms with Crippen molar-refractivity contribution in [2.24, 2.45) is 4.99 Å². The number of aromatic nitrogens is 1. The van der Waals surface area contributed by atoms with Crippen molar-refractivity contribution in [3.05, 3.63) is 72.6 Å². The van der Waals surface area contributed by atoms with Crippen LogP contribution in [0.2, 0.25) is 0 Å². The average molecular weight is 348 g/mol. The molecule has 0 spiro atoms. The molecule has 0 bridgehead atoms. The highest BCUT2D eigenvalue weighted by Crippen LogP contribution is 2.16. The Hall–Kier alpha value is -3.08. The smallest absolute Gasteiger partial charge is 0.191 e. The van der Waals surface area contributed by atoms with E-state index in [9.17, 15) is 0 Å². The van der Waals surface area contributed by atoms with E-state index in [1.807, 2.05) is 61.7 Å². The van der Waals surface area contributed by atoms with Crippen LogP contribution in [0, 0.1) is 0 Å². The molecule has 2 N–H and O–H groups in total. The van der Waals surface area contributed by atoms with E-state index in [-0.39, 0.29) is 0 Å². The molecule has 5 nitrogen and oxygen atoms in total. The van der Waals surface area contributed by atoms with Gasteiger partial charge in [0.25, 0.3) is 0 Å². The number of pyridine rings is 1. The third kappa shape index (κ3) is 4.96. The van der Waals surface area contributed by atoms with Gasteiger partial charge in [0.15, 0.2) is 5.96 Å². The predicted octanol–water partition coefficient (Wildman–Crippen LogP) is 3.37. The highest BCUT2D eigenvalue weighted by atomic mass is 16.5. The van der Waals surface area contributed by atoms with E-state index in [2.05, 4.69) is 32.7 Å². The van der Waals surface area contributed by atoms with E-state index in [1.54, 1.807) is 0 Å². The number of para-hydroxylation sites is 1. The number of nitrogens with zero attached hydrogens (tertiary/aromatic N) is 2. The Balaban J connectivity index is 1.58. The Morgan fingerprint density at radius 1 is 1.00 bits per heavy atom. The standard InChI is InChI=1S/C21H24N4O/c1-2-22-21(24-14-15-26-18-9-4-3-5-10-18)25-16-20-19-11-7-6-8-17(19)12-13-23-20/h3-13H,2,14-16H2,1H3,(H2,22,24,25). The van der Waals surface area contributed by atoms with Gasteiger partial charge in [0.1, 0.15) is 12.4 Å². The maximum absolute atomic E-state index is 5.70. The van der Waals surface area contributed by atoms with Crippen molar-refractivity contribution in [1.29, 1.82) is 0 Å². The summed E-state index contributed by atoms with van der Waals surface area (Å²) >= 11 is 0. The summed E-state index contributed by atoms with van der Waals surface area (Å²) in [7, 11) is 0. The van der Waals surface area contributed by atoms with Gasteiger partial charge in [-0.05, 0) is 30.5 Å². The van der Waals surface area contributed by atoms with E-state index in [1.165, 1.54) is 5.39 Å². The van der Waals surface area contributed by atoms with Crippen LogP contribution in [0.5, 0.6) is 5.75 Å². The molecule has 26 heavy (non-hydrogen) atoms. The van der Waals surface area contributed by atoms with Crippen LogP contribution in [-0.2, 0) is 6.54 Å². The van der Waals surface area contributed by atoms with Gasteiger partial charge in [0.05, 0.1) is 18.8 Å². The summed E-state index contributed by atoms with van der Waals surface area (Å²) in [6.45, 7) is 4.61. The van der Waals surface area contributed by atoms with Gasteiger partial charge in [-0.25, -0.2) is 4.99 Å². The van der Waals surface area contributed by atoms with Gasteiger partial charge < -0.3 is 15.4 Å². The fraction of sp³-hybridized carbons (Fsp3) is 0.238. The van der Waals surface area contributed by atoms with Crippen molar-refractivity contribution >= 4 is 16.7 Å². The molecular formula is C21H24N4O. The molecule has 134 valence electrons. The zero-order chi connectivity index (χ0) is 18.0. The maximum atomic E-state index is 5.70. The molecule has 0 saturated heterocycles. The molecular weight excluding hydrogens is 324 g/mol. The summed E-state index contributed by atoms with van der Waals surface area (Å²) in [5.41, 5.74) is 0.973. The Kier molecular flexibility index (Phi) is 6.42. The highest BCUT2D eigenvalue weighted by Gasteiger charge is 2.03. The second kappa shape index (κ2) is 9.42. The summed E-state index contributed by atoms with van der Waals surface area (Å²) < 4.78 is 5.70. The fourth-order valence-corrected chi connectivity index (χ4v) is 2.66. The molecule has 3 rings (SSSR count). The second-order valence-electron chi connectivity index (χ2n) is 5.76. The van der Waals surface area contributed by atoms with Gasteiger partial charge in [-0.3, -0.25) is 4.98 Å². The molecule has 3 aromatic rings. The van der Waals surface area contributed by atoms with Gasteiger partial charge in [-0.2, -0.15) is 0 Å². The van der Waals surface area contributed by atoms with Crippen LogP contribution in [0.4, 0.5) is 0 Å². The Bertz CT molecular complexity index is 844. The normalized spacial score (nSPS) is 11.3. The first-order valence-corrected chi connectivity index (χ1v) is 8.89. The SMILES string of the molecule is CCNC(=NCc1nccc2ccccc12)NCCOc1ccccc1. The zero-order valence-corrected chi connectivity index (χ0v) is 15.0. The minimum atomic E-state index is 0.524. The second-order valence-corrected chi connectivity index (χ2v) is 5.76. The first kappa shape index (κ1) is 17.7. The number of hydrogen-bond donors (Lipinski definition) is 2. The minimum absolute atomic E-state index is 0.524. The van der Waals surface area contributed by atoms with Crippen LogP contribution < -0.4 is 15.4 Å². The molecule has 0 saturated carbocycles. The Morgan fingerprint density at radius 3 is 2.65 bits per heavy atom. The first-order chi connectivity index (χ1) is 12.9. The molecule has 0 fully saturated rings. The molecule has 0 amide bonds. The van der Waals surface area contributed by atoms with Gasteiger partial charge >= 0.3 is 0 Å². The van der Waals surface area contributed by atoms with Crippen LogP contribution in [0.1, 0.15) is 12.6 Å². The number of nitrogens with one attached hydrogen (secondary N) is 2. The molecule has 5 heteroatoms. The number of ether oxygens (including phenoxy) is 1. The molecule has 0 atom stereocenters. The van der Waals surface area contributed by atoms with Gasteiger partial charge in [0, 0.05) is 18.1 Å². The topological polar surface area (TPSA) is 58.5 Å². The van der Waals surface area contributed by atoms with E-state index in [0.717, 1.165) is 29.3 Å². The maximum Gasteiger partial charge on any atom is 0.191 e. The number of hydrogen-bond acceptors (Lipinski definition) is 3. The lowest BCUT2D eigenvalue weighted by molar-refractivity contribution is 0.322. The lowest BCUT2D eigenvalue weighted by atomic mass is 10.1. The molecule has 2 aromatic carbocycles. The third-order valence-electron chi connectivity index (χ3n) is 3.89. The third-order valence-corrected chi connectivity index (χ3v) is 3.89. The molecule has 0 aliphatic rings. The summed E-state index contributed by atoms with van der Waals surface area (Å²) in [4.78, 5) is 9.14. The van der Waals surface area contributed by atoms with Crippen LogP contribution in [0.3, 0.4) is 0 Å². The Morgan fingerprint density at radius 2 is 1.81 bits per heavy atom. The van der Waals surface area contributed by atoms with Crippen LogP contribution in [-0.4, -0.2) is 30.6 Å². The summed E-state index contributed by atoms with van der Waals surface area (Å²) in [5.74, 6) is 1.63. The predicted molar refractivity (Wildman–Crippen MR) is 106 cm³/mol. The minimum Gasteiger partial charge on any atom is -0.492 e. The quantitative estimate of drug-likeness (QED) is 0.390. The molecule has 1 aromatic heterocycles. The number of benzene rings is 2. The molecule has 0 unspecified atom stereocenters. The van der Waals surface area contributed by atoms with Gasteiger partial charge in [-0.1, -0.05) is 42.5 Å². The van der Waals surface area contributed by atoms with Gasteiger partial charge in [0.2, 0.25) is 0 Å². The van der Waals surface area contributed by atoms with Crippen molar-refractivity contribution in [3.63, 3.8) is 0 Å². The van der Waals surface area contributed by atoms with Crippen molar-refractivity contribution in [2.45, 2.75) is 13.5 Å². The molecule has 0 aliphatic heterocycles. The number of fused-ring (bicyclic) bond motifs is 1. The van der Waals surface area contributed by atoms with Gasteiger partial charge in [-0.15, -0.1) is 0 Å². The largest absolute Gasteiger partial charge is 0.492 e. The number of rotatable bonds is 7. The number of guanidine groups is 1. The van der Waals surface area contributed by atoms with E-state index < -0.39 is 0 Å². The number of aliphatic imine (C=N–C) groups is 1. The van der Waals surface area contributed by atoms with E-state index in [4.69, 9.17) is 4.74 Å². The lowest BCUT2D eigenvalue weighted by Gasteiger charge is -2.12. The van der Waals surface area contributed by atoms with Crippen LogP contribution in [0.15, 0.2) is 71.9 Å². The summed E-state index contributed by atoms with van der Waals surface area (Å²) in [5, 5.41) is 8.87. The van der Waals surface area contributed by atoms with E-state index in [0.29, 0.717) is 19.7 Å². The van der Waals surface area contributed by atoms with Crippen molar-refractivity contribution < 1.29 is 4.74 Å². The van der Waals surface area contributed by atoms with Crippen molar-refractivity contribution in [3.8, 4) is 5.75 Å². The Labute approximate surface area is 154 Å². The monoisotopic (exact) mass is 348 g/mol. The van der Waals surface area contributed by atoms with Crippen molar-refractivity contribution in [2.75, 3.05) is 19.7 Å². The summed E-state index contributed by atoms with van der Waals surface area (Å²) in [6, 6.07) is 20.1. The highest BCUT2D eigenvalue weighted by molar-refractivity contribution is 5.85. The lowest BCUT2D eigenvalue weighted by Crippen LogP contribution is -2.39. The average Bonchev–Trinajstić information content (AvgIpc) is 2.70. The zero-order valence-electron chi connectivity index (χ0n) is 15.0. The van der Waals surface area contributed by atoms with Crippen LogP contribution >= 0.6 is 0 Å². The molecule has 1 heterocycles. The molecule has 0 aliphatic carbocycles. The fourth-order valence-electron chi connectivity index (χ4n) is 2.66. The van der Waals surface area contributed by atoms with Crippen molar-refractivity contribution in [1.82, 2.24) is 15.6 Å². The summed E-state index contributed by atoms with van der Waals surface area (Å²) in [6.07, 6.45) is 1.83. The first-order valence-electron chi connectivity index (χ1n) is 8.89.